The minimum absolute atomic E-state index is 0.128. The predicted molar refractivity (Wildman–Crippen MR) is 117 cm³/mol. The van der Waals surface area contributed by atoms with Crippen molar-refractivity contribution in [2.24, 2.45) is 5.92 Å². The average molecular weight is 431 g/mol. The molecule has 0 radical (unpaired) electrons. The third-order valence-electron chi connectivity index (χ3n) is 5.18. The Morgan fingerprint density at radius 3 is 2.37 bits per heavy atom. The van der Waals surface area contributed by atoms with Crippen LogP contribution in [0.2, 0.25) is 0 Å². The van der Waals surface area contributed by atoms with Crippen molar-refractivity contribution < 1.29 is 17.9 Å². The van der Waals surface area contributed by atoms with Crippen LogP contribution in [0.25, 0.3) is 0 Å². The van der Waals surface area contributed by atoms with Crippen molar-refractivity contribution in [3.63, 3.8) is 0 Å². The third-order valence-corrected chi connectivity index (χ3v) is 7.07. The minimum Gasteiger partial charge on any atom is -0.379 e. The molecule has 0 aliphatic carbocycles. The second-order valence-corrected chi connectivity index (χ2v) is 10.0. The minimum atomic E-state index is -3.64. The molecule has 6 nitrogen and oxygen atoms in total. The lowest BCUT2D eigenvalue weighted by Crippen LogP contribution is -2.40. The van der Waals surface area contributed by atoms with E-state index in [1.807, 2.05) is 19.1 Å². The first-order valence-electron chi connectivity index (χ1n) is 10.3. The first-order chi connectivity index (χ1) is 14.3. The fraction of sp³-hybridized carbons (Fsp3) is 0.435. The van der Waals surface area contributed by atoms with Gasteiger partial charge in [-0.2, -0.15) is 4.31 Å². The van der Waals surface area contributed by atoms with E-state index in [1.54, 1.807) is 12.1 Å². The molecule has 2 aromatic carbocycles. The SMILES string of the molecule is CC(C)Cc1ccc([C@H](C)NC(=O)c2cccc(S(=O)(=O)N3CCOCC3)c2)cc1. The van der Waals surface area contributed by atoms with Crippen LogP contribution in [0.4, 0.5) is 0 Å². The number of nitrogens with one attached hydrogen (secondary N) is 1. The number of ether oxygens (including phenoxy) is 1. The first kappa shape index (κ1) is 22.5. The van der Waals surface area contributed by atoms with Crippen LogP contribution in [-0.2, 0) is 21.2 Å². The van der Waals surface area contributed by atoms with Crippen LogP contribution in [0.1, 0.15) is 48.3 Å². The Balaban J connectivity index is 1.70. The molecule has 2 aromatic rings. The zero-order valence-electron chi connectivity index (χ0n) is 17.8. The summed E-state index contributed by atoms with van der Waals surface area (Å²) in [5, 5.41) is 2.96. The Kier molecular flexibility index (Phi) is 7.28. The second-order valence-electron chi connectivity index (χ2n) is 8.08. The molecule has 0 saturated carbocycles. The number of sulfonamides is 1. The highest BCUT2D eigenvalue weighted by Gasteiger charge is 2.27. The number of carbonyl (C=O) groups is 1. The average Bonchev–Trinajstić information content (AvgIpc) is 2.74. The van der Waals surface area contributed by atoms with Crippen LogP contribution >= 0.6 is 0 Å². The topological polar surface area (TPSA) is 75.7 Å². The molecule has 0 bridgehead atoms. The van der Waals surface area contributed by atoms with Gasteiger partial charge in [-0.05, 0) is 48.6 Å². The molecule has 1 atom stereocenters. The summed E-state index contributed by atoms with van der Waals surface area (Å²) in [5.74, 6) is 0.293. The maximum absolute atomic E-state index is 12.9. The normalized spacial score (nSPS) is 16.4. The van der Waals surface area contributed by atoms with Gasteiger partial charge in [-0.3, -0.25) is 4.79 Å². The summed E-state index contributed by atoms with van der Waals surface area (Å²) in [4.78, 5) is 12.9. The molecule has 1 fully saturated rings. The summed E-state index contributed by atoms with van der Waals surface area (Å²) < 4.78 is 32.3. The number of morpholine rings is 1. The van der Waals surface area contributed by atoms with E-state index in [-0.39, 0.29) is 16.8 Å². The van der Waals surface area contributed by atoms with E-state index in [4.69, 9.17) is 4.74 Å². The molecule has 0 unspecified atom stereocenters. The number of carbonyl (C=O) groups excluding carboxylic acids is 1. The molecule has 0 aromatic heterocycles. The number of hydrogen-bond acceptors (Lipinski definition) is 4. The Bertz CT molecular complexity index is 965. The Labute approximate surface area is 179 Å². The van der Waals surface area contributed by atoms with Gasteiger partial charge in [0.25, 0.3) is 5.91 Å². The van der Waals surface area contributed by atoms with Gasteiger partial charge in [0.15, 0.2) is 0 Å². The van der Waals surface area contributed by atoms with Crippen molar-refractivity contribution >= 4 is 15.9 Å². The molecule has 162 valence electrons. The maximum Gasteiger partial charge on any atom is 0.251 e. The molecular weight excluding hydrogens is 400 g/mol. The molecule has 1 heterocycles. The van der Waals surface area contributed by atoms with Gasteiger partial charge in [-0.15, -0.1) is 0 Å². The van der Waals surface area contributed by atoms with Gasteiger partial charge >= 0.3 is 0 Å². The van der Waals surface area contributed by atoms with E-state index < -0.39 is 10.0 Å². The molecule has 1 amide bonds. The molecular formula is C23H30N2O4S. The lowest BCUT2D eigenvalue weighted by molar-refractivity contribution is 0.0730. The van der Waals surface area contributed by atoms with Gasteiger partial charge in [-0.25, -0.2) is 8.42 Å². The summed E-state index contributed by atoms with van der Waals surface area (Å²) in [7, 11) is -3.64. The van der Waals surface area contributed by atoms with Gasteiger partial charge in [0, 0.05) is 18.7 Å². The standard InChI is InChI=1S/C23H30N2O4S/c1-17(2)15-19-7-9-20(10-8-19)18(3)24-23(26)21-5-4-6-22(16-21)30(27,28)25-11-13-29-14-12-25/h4-10,16-18H,11-15H2,1-3H3,(H,24,26)/t18-/m0/s1. The van der Waals surface area contributed by atoms with Crippen LogP contribution in [0.15, 0.2) is 53.4 Å². The quantitative estimate of drug-likeness (QED) is 0.731. The zero-order chi connectivity index (χ0) is 21.7. The van der Waals surface area contributed by atoms with E-state index in [9.17, 15) is 13.2 Å². The molecule has 7 heteroatoms. The van der Waals surface area contributed by atoms with Crippen molar-refractivity contribution in [3.8, 4) is 0 Å². The highest BCUT2D eigenvalue weighted by atomic mass is 32.2. The summed E-state index contributed by atoms with van der Waals surface area (Å²) in [6.45, 7) is 7.70. The van der Waals surface area contributed by atoms with Crippen molar-refractivity contribution in [2.45, 2.75) is 38.1 Å². The molecule has 1 saturated heterocycles. The monoisotopic (exact) mass is 430 g/mol. The smallest absolute Gasteiger partial charge is 0.251 e. The largest absolute Gasteiger partial charge is 0.379 e. The summed E-state index contributed by atoms with van der Waals surface area (Å²) in [6.07, 6.45) is 1.02. The van der Waals surface area contributed by atoms with Gasteiger partial charge in [0.05, 0.1) is 24.2 Å². The number of hydrogen-bond donors (Lipinski definition) is 1. The van der Waals surface area contributed by atoms with Crippen molar-refractivity contribution in [1.82, 2.24) is 9.62 Å². The van der Waals surface area contributed by atoms with Crippen LogP contribution in [-0.4, -0.2) is 44.9 Å². The highest BCUT2D eigenvalue weighted by Crippen LogP contribution is 2.20. The molecule has 30 heavy (non-hydrogen) atoms. The molecule has 1 N–H and O–H groups in total. The van der Waals surface area contributed by atoms with Crippen molar-refractivity contribution in [2.75, 3.05) is 26.3 Å². The van der Waals surface area contributed by atoms with E-state index >= 15 is 0 Å². The van der Waals surface area contributed by atoms with E-state index in [1.165, 1.54) is 22.0 Å². The lowest BCUT2D eigenvalue weighted by Gasteiger charge is -2.26. The number of nitrogens with zero attached hydrogens (tertiary/aromatic N) is 1. The maximum atomic E-state index is 12.9. The van der Waals surface area contributed by atoms with Crippen LogP contribution in [0, 0.1) is 5.92 Å². The van der Waals surface area contributed by atoms with Gasteiger partial charge in [0.2, 0.25) is 10.0 Å². The third kappa shape index (κ3) is 5.47. The van der Waals surface area contributed by atoms with Gasteiger partial charge < -0.3 is 10.1 Å². The van der Waals surface area contributed by atoms with E-state index in [2.05, 4.69) is 31.3 Å². The number of amides is 1. The second kappa shape index (κ2) is 9.73. The Hall–Kier alpha value is -2.22. The zero-order valence-corrected chi connectivity index (χ0v) is 18.6. The predicted octanol–water partition coefficient (Wildman–Crippen LogP) is 3.40. The first-order valence-corrected chi connectivity index (χ1v) is 11.8. The van der Waals surface area contributed by atoms with Gasteiger partial charge in [0.1, 0.15) is 0 Å². The summed E-state index contributed by atoms with van der Waals surface area (Å²) in [6, 6.07) is 14.3. The van der Waals surface area contributed by atoms with E-state index in [0.29, 0.717) is 37.8 Å². The summed E-state index contributed by atoms with van der Waals surface area (Å²) in [5.41, 5.74) is 2.61. The van der Waals surface area contributed by atoms with Crippen LogP contribution in [0.3, 0.4) is 0 Å². The molecule has 0 spiro atoms. The Morgan fingerprint density at radius 1 is 1.07 bits per heavy atom. The van der Waals surface area contributed by atoms with Crippen molar-refractivity contribution in [1.29, 1.82) is 0 Å². The fourth-order valence-electron chi connectivity index (χ4n) is 3.51. The molecule has 1 aliphatic rings. The summed E-state index contributed by atoms with van der Waals surface area (Å²) >= 11 is 0. The lowest BCUT2D eigenvalue weighted by atomic mass is 10.00. The van der Waals surface area contributed by atoms with Crippen molar-refractivity contribution in [3.05, 3.63) is 65.2 Å². The van der Waals surface area contributed by atoms with Crippen LogP contribution < -0.4 is 5.32 Å². The number of rotatable bonds is 7. The van der Waals surface area contributed by atoms with Crippen LogP contribution in [0.5, 0.6) is 0 Å². The highest BCUT2D eigenvalue weighted by molar-refractivity contribution is 7.89. The Morgan fingerprint density at radius 2 is 1.73 bits per heavy atom. The van der Waals surface area contributed by atoms with E-state index in [0.717, 1.165) is 12.0 Å². The fourth-order valence-corrected chi connectivity index (χ4v) is 4.97. The van der Waals surface area contributed by atoms with Gasteiger partial charge in [-0.1, -0.05) is 44.2 Å². The molecule has 3 rings (SSSR count). The number of benzene rings is 2. The molecule has 1 aliphatic heterocycles.